The zero-order valence-electron chi connectivity index (χ0n) is 11.9. The maximum Gasteiger partial charge on any atom is 0.304 e. The van der Waals surface area contributed by atoms with Gasteiger partial charge in [0.05, 0.1) is 12.5 Å². The van der Waals surface area contributed by atoms with E-state index >= 15 is 0 Å². The van der Waals surface area contributed by atoms with E-state index in [0.717, 1.165) is 22.3 Å². The van der Waals surface area contributed by atoms with E-state index in [-0.39, 0.29) is 12.5 Å². The Hall–Kier alpha value is -2.66. The third-order valence-electron chi connectivity index (χ3n) is 3.43. The van der Waals surface area contributed by atoms with Crippen LogP contribution in [-0.4, -0.2) is 22.6 Å². The molecule has 2 aromatic heterocycles. The average Bonchev–Trinajstić information content (AvgIpc) is 2.95. The van der Waals surface area contributed by atoms with Crippen LogP contribution in [0.3, 0.4) is 0 Å². The number of aliphatic carboxylic acids is 1. The number of hydrogen-bond acceptors (Lipinski definition) is 4. The maximum atomic E-state index is 10.7. The highest BCUT2D eigenvalue weighted by molar-refractivity contribution is 5.78. The topological polar surface area (TPSA) is 75.4 Å². The molecule has 5 heteroatoms. The number of hydrogen-bond donors (Lipinski definition) is 2. The molecule has 5 nitrogen and oxygen atoms in total. The molecule has 0 spiro atoms. The molecule has 0 saturated heterocycles. The fourth-order valence-electron chi connectivity index (χ4n) is 2.40. The van der Waals surface area contributed by atoms with Crippen LogP contribution in [0.25, 0.3) is 11.0 Å². The first-order valence-electron chi connectivity index (χ1n) is 7.07. The third-order valence-corrected chi connectivity index (χ3v) is 3.43. The number of pyridine rings is 1. The Kier molecular flexibility index (Phi) is 4.16. The predicted molar refractivity (Wildman–Crippen MR) is 82.5 cm³/mol. The second-order valence-corrected chi connectivity index (χ2v) is 5.00. The lowest BCUT2D eigenvalue weighted by atomic mass is 10.1. The van der Waals surface area contributed by atoms with Gasteiger partial charge >= 0.3 is 5.97 Å². The molecule has 1 unspecified atom stereocenters. The van der Waals surface area contributed by atoms with Crippen LogP contribution in [0.5, 0.6) is 0 Å². The number of carboxylic acids is 1. The molecule has 0 aliphatic heterocycles. The molecule has 2 heterocycles. The molecule has 0 radical (unpaired) electrons. The minimum atomic E-state index is -0.831. The van der Waals surface area contributed by atoms with Crippen molar-refractivity contribution in [2.45, 2.75) is 12.5 Å². The Bertz CT molecular complexity index is 735. The maximum absolute atomic E-state index is 10.7. The van der Waals surface area contributed by atoms with Gasteiger partial charge in [0, 0.05) is 24.3 Å². The van der Waals surface area contributed by atoms with Crippen LogP contribution in [0.15, 0.2) is 59.3 Å². The molecule has 22 heavy (non-hydrogen) atoms. The van der Waals surface area contributed by atoms with Gasteiger partial charge < -0.3 is 14.8 Å². The van der Waals surface area contributed by atoms with E-state index in [0.29, 0.717) is 6.54 Å². The summed E-state index contributed by atoms with van der Waals surface area (Å²) in [4.78, 5) is 14.8. The monoisotopic (exact) mass is 296 g/mol. The third kappa shape index (κ3) is 3.15. The van der Waals surface area contributed by atoms with Crippen LogP contribution in [-0.2, 0) is 4.79 Å². The van der Waals surface area contributed by atoms with E-state index in [1.54, 1.807) is 12.4 Å². The summed E-state index contributed by atoms with van der Waals surface area (Å²) in [6.45, 7) is 0.353. The van der Waals surface area contributed by atoms with Crippen molar-refractivity contribution in [2.24, 2.45) is 0 Å². The molecule has 0 amide bonds. The Labute approximate surface area is 127 Å². The van der Waals surface area contributed by atoms with Crippen molar-refractivity contribution < 1.29 is 14.3 Å². The molecule has 3 aromatic rings. The summed E-state index contributed by atoms with van der Waals surface area (Å²) in [6, 6.07) is 13.3. The highest BCUT2D eigenvalue weighted by Gasteiger charge is 2.18. The van der Waals surface area contributed by atoms with Gasteiger partial charge in [0.2, 0.25) is 0 Å². The molecule has 0 aliphatic carbocycles. The smallest absolute Gasteiger partial charge is 0.304 e. The van der Waals surface area contributed by atoms with Crippen LogP contribution in [0.2, 0.25) is 0 Å². The average molecular weight is 296 g/mol. The zero-order valence-corrected chi connectivity index (χ0v) is 11.9. The first-order chi connectivity index (χ1) is 10.7. The van der Waals surface area contributed by atoms with Crippen molar-refractivity contribution in [3.63, 3.8) is 0 Å². The largest absolute Gasteiger partial charge is 0.481 e. The van der Waals surface area contributed by atoms with Crippen molar-refractivity contribution in [3.05, 3.63) is 66.2 Å². The number of rotatable bonds is 6. The van der Waals surface area contributed by atoms with E-state index < -0.39 is 5.97 Å². The number of nitrogens with zero attached hydrogens (tertiary/aromatic N) is 1. The number of para-hydroxylation sites is 1. The lowest BCUT2D eigenvalue weighted by Gasteiger charge is -2.16. The minimum Gasteiger partial charge on any atom is -0.481 e. The first kappa shape index (κ1) is 14.3. The molecule has 112 valence electrons. The van der Waals surface area contributed by atoms with Crippen LogP contribution < -0.4 is 5.32 Å². The lowest BCUT2D eigenvalue weighted by molar-refractivity contribution is -0.136. The lowest BCUT2D eigenvalue weighted by Crippen LogP contribution is -2.24. The second kappa shape index (κ2) is 6.41. The van der Waals surface area contributed by atoms with Crippen molar-refractivity contribution in [1.82, 2.24) is 10.3 Å². The fourth-order valence-corrected chi connectivity index (χ4v) is 2.40. The van der Waals surface area contributed by atoms with Crippen LogP contribution in [0.1, 0.15) is 23.8 Å². The summed E-state index contributed by atoms with van der Waals surface area (Å²) in [5.74, 6) is -0.0818. The van der Waals surface area contributed by atoms with Gasteiger partial charge in [0.15, 0.2) is 0 Å². The number of aromatic nitrogens is 1. The number of benzene rings is 1. The Morgan fingerprint density at radius 2 is 2.14 bits per heavy atom. The summed E-state index contributed by atoms with van der Waals surface area (Å²) in [7, 11) is 0. The Morgan fingerprint density at radius 1 is 1.27 bits per heavy atom. The Balaban J connectivity index is 1.91. The van der Waals surface area contributed by atoms with Gasteiger partial charge in [-0.05, 0) is 23.8 Å². The molecule has 2 N–H and O–H groups in total. The standard InChI is InChI=1S/C17H16N2O3/c20-16(21)7-9-19-17(13-5-3-8-18-11-13)15-10-12-4-1-2-6-14(12)22-15/h1-6,8,10-11,17,19H,7,9H2,(H,20,21). The minimum absolute atomic E-state index is 0.0526. The van der Waals surface area contributed by atoms with Gasteiger partial charge in [0.25, 0.3) is 0 Å². The van der Waals surface area contributed by atoms with E-state index in [4.69, 9.17) is 9.52 Å². The van der Waals surface area contributed by atoms with Gasteiger partial charge in [-0.25, -0.2) is 0 Å². The van der Waals surface area contributed by atoms with Crippen LogP contribution >= 0.6 is 0 Å². The normalized spacial score (nSPS) is 12.4. The molecule has 0 saturated carbocycles. The molecule has 0 fully saturated rings. The summed E-state index contributed by atoms with van der Waals surface area (Å²) in [5.41, 5.74) is 1.75. The molecule has 1 aromatic carbocycles. The van der Waals surface area contributed by atoms with Crippen molar-refractivity contribution >= 4 is 16.9 Å². The molecule has 0 bridgehead atoms. The molecular weight excluding hydrogens is 280 g/mol. The van der Waals surface area contributed by atoms with E-state index in [1.165, 1.54) is 0 Å². The summed E-state index contributed by atoms with van der Waals surface area (Å²) in [6.07, 6.45) is 3.51. The van der Waals surface area contributed by atoms with Crippen molar-refractivity contribution in [2.75, 3.05) is 6.54 Å². The van der Waals surface area contributed by atoms with Gasteiger partial charge in [-0.15, -0.1) is 0 Å². The highest BCUT2D eigenvalue weighted by Crippen LogP contribution is 2.27. The predicted octanol–water partition coefficient (Wildman–Crippen LogP) is 2.98. The highest BCUT2D eigenvalue weighted by atomic mass is 16.4. The van der Waals surface area contributed by atoms with E-state index in [1.807, 2.05) is 42.5 Å². The van der Waals surface area contributed by atoms with E-state index in [9.17, 15) is 4.79 Å². The molecular formula is C17H16N2O3. The first-order valence-corrected chi connectivity index (χ1v) is 7.07. The number of carboxylic acid groups (broad SMARTS) is 1. The van der Waals surface area contributed by atoms with E-state index in [2.05, 4.69) is 10.3 Å². The molecule has 1 atom stereocenters. The number of furan rings is 1. The van der Waals surface area contributed by atoms with Crippen molar-refractivity contribution in [1.29, 1.82) is 0 Å². The number of fused-ring (bicyclic) bond motifs is 1. The zero-order chi connectivity index (χ0) is 15.4. The summed E-state index contributed by atoms with van der Waals surface area (Å²) in [5, 5.41) is 13.1. The molecule has 3 rings (SSSR count). The molecule has 0 aliphatic rings. The number of carbonyl (C=O) groups is 1. The Morgan fingerprint density at radius 3 is 2.86 bits per heavy atom. The summed E-state index contributed by atoms with van der Waals surface area (Å²) >= 11 is 0. The fraction of sp³-hybridized carbons (Fsp3) is 0.176. The quantitative estimate of drug-likeness (QED) is 0.731. The SMILES string of the molecule is O=C(O)CCNC(c1cccnc1)c1cc2ccccc2o1. The van der Waals surface area contributed by atoms with Crippen LogP contribution in [0, 0.1) is 0 Å². The van der Waals surface area contributed by atoms with Gasteiger partial charge in [-0.2, -0.15) is 0 Å². The number of nitrogens with one attached hydrogen (secondary N) is 1. The van der Waals surface area contributed by atoms with Crippen LogP contribution in [0.4, 0.5) is 0 Å². The van der Waals surface area contributed by atoms with Crippen molar-refractivity contribution in [3.8, 4) is 0 Å². The van der Waals surface area contributed by atoms with Gasteiger partial charge in [-0.3, -0.25) is 9.78 Å². The van der Waals surface area contributed by atoms with Gasteiger partial charge in [0.1, 0.15) is 11.3 Å². The second-order valence-electron chi connectivity index (χ2n) is 5.00. The van der Waals surface area contributed by atoms with Gasteiger partial charge in [-0.1, -0.05) is 24.3 Å². The summed E-state index contributed by atoms with van der Waals surface area (Å²) < 4.78 is 5.90.